The van der Waals surface area contributed by atoms with Gasteiger partial charge in [0.1, 0.15) is 5.69 Å². The van der Waals surface area contributed by atoms with Crippen molar-refractivity contribution in [3.63, 3.8) is 0 Å². The van der Waals surface area contributed by atoms with E-state index in [0.717, 1.165) is 17.1 Å². The first kappa shape index (κ1) is 16.3. The zero-order chi connectivity index (χ0) is 18.5. The molecule has 0 saturated heterocycles. The van der Waals surface area contributed by atoms with Crippen LogP contribution in [0.25, 0.3) is 6.08 Å². The SMILES string of the molecule is CN1/C(=C/c2c(Nc3ccccc3)c(=O)c2=O)C(C)(C)c2ccccc21. The minimum Gasteiger partial charge on any atom is -0.352 e. The number of para-hydroxylation sites is 2. The number of nitrogens with one attached hydrogen (secondary N) is 1. The molecule has 3 aromatic carbocycles. The summed E-state index contributed by atoms with van der Waals surface area (Å²) in [6.45, 7) is 4.27. The molecule has 0 fully saturated rings. The number of hydrogen-bond donors (Lipinski definition) is 1. The van der Waals surface area contributed by atoms with Crippen molar-refractivity contribution in [1.29, 1.82) is 0 Å². The molecule has 4 nitrogen and oxygen atoms in total. The number of benzene rings is 2. The van der Waals surface area contributed by atoms with E-state index in [9.17, 15) is 9.59 Å². The molecule has 1 aliphatic rings. The monoisotopic (exact) mass is 344 g/mol. The van der Waals surface area contributed by atoms with Crippen LogP contribution in [0.3, 0.4) is 0 Å². The van der Waals surface area contributed by atoms with Crippen molar-refractivity contribution < 1.29 is 0 Å². The van der Waals surface area contributed by atoms with Gasteiger partial charge in [-0.1, -0.05) is 50.2 Å². The lowest BCUT2D eigenvalue weighted by Crippen LogP contribution is -2.37. The molecule has 4 rings (SSSR count). The Bertz CT molecular complexity index is 1090. The summed E-state index contributed by atoms with van der Waals surface area (Å²) in [6.07, 6.45) is 1.86. The van der Waals surface area contributed by atoms with Gasteiger partial charge in [-0.2, -0.15) is 0 Å². The molecule has 0 spiro atoms. The average Bonchev–Trinajstić information content (AvgIpc) is 2.85. The predicted octanol–water partition coefficient (Wildman–Crippen LogP) is 3.79. The summed E-state index contributed by atoms with van der Waals surface area (Å²) in [5, 5.41) is 3.09. The zero-order valence-electron chi connectivity index (χ0n) is 15.0. The third-order valence-corrected chi connectivity index (χ3v) is 5.21. The lowest BCUT2D eigenvalue weighted by Gasteiger charge is -2.25. The van der Waals surface area contributed by atoms with Gasteiger partial charge in [-0.15, -0.1) is 0 Å². The lowest BCUT2D eigenvalue weighted by atomic mass is 9.83. The van der Waals surface area contributed by atoms with Crippen LogP contribution in [0.15, 0.2) is 69.9 Å². The van der Waals surface area contributed by atoms with E-state index in [1.807, 2.05) is 55.6 Å². The number of rotatable bonds is 3. The van der Waals surface area contributed by atoms with Crippen LogP contribution in [-0.2, 0) is 5.41 Å². The summed E-state index contributed by atoms with van der Waals surface area (Å²) in [5.74, 6) is 0. The fourth-order valence-electron chi connectivity index (χ4n) is 3.73. The highest BCUT2D eigenvalue weighted by Crippen LogP contribution is 2.47. The van der Waals surface area contributed by atoms with Crippen LogP contribution in [0.5, 0.6) is 0 Å². The highest BCUT2D eigenvalue weighted by Gasteiger charge is 2.38. The fourth-order valence-corrected chi connectivity index (χ4v) is 3.73. The van der Waals surface area contributed by atoms with E-state index in [1.54, 1.807) is 0 Å². The maximum atomic E-state index is 12.2. The third kappa shape index (κ3) is 2.30. The van der Waals surface area contributed by atoms with Gasteiger partial charge in [0.2, 0.25) is 10.9 Å². The number of hydrogen-bond acceptors (Lipinski definition) is 4. The van der Waals surface area contributed by atoms with Crippen LogP contribution in [0.1, 0.15) is 25.0 Å². The number of fused-ring (bicyclic) bond motifs is 1. The van der Waals surface area contributed by atoms with Crippen molar-refractivity contribution in [2.24, 2.45) is 0 Å². The second-order valence-electron chi connectivity index (χ2n) is 7.17. The molecule has 0 saturated carbocycles. The molecule has 0 atom stereocenters. The van der Waals surface area contributed by atoms with Gasteiger partial charge in [-0.25, -0.2) is 0 Å². The van der Waals surface area contributed by atoms with E-state index < -0.39 is 10.9 Å². The third-order valence-electron chi connectivity index (χ3n) is 5.21. The molecule has 1 aliphatic heterocycles. The summed E-state index contributed by atoms with van der Waals surface area (Å²) >= 11 is 0. The molecule has 0 bridgehead atoms. The van der Waals surface area contributed by atoms with Gasteiger partial charge in [0.15, 0.2) is 0 Å². The lowest BCUT2D eigenvalue weighted by molar-refractivity contribution is 0.645. The molecular formula is C22H20N2O2. The Hall–Kier alpha value is -3.14. The van der Waals surface area contributed by atoms with Crippen molar-refractivity contribution >= 4 is 23.1 Å². The van der Waals surface area contributed by atoms with Gasteiger partial charge in [-0.05, 0) is 29.8 Å². The second-order valence-corrected chi connectivity index (χ2v) is 7.17. The van der Waals surface area contributed by atoms with Gasteiger partial charge in [0, 0.05) is 29.5 Å². The predicted molar refractivity (Wildman–Crippen MR) is 107 cm³/mol. The minimum atomic E-state index is -0.461. The Morgan fingerprint density at radius 2 is 1.58 bits per heavy atom. The highest BCUT2D eigenvalue weighted by molar-refractivity contribution is 5.81. The molecule has 1 N–H and O–H groups in total. The summed E-state index contributed by atoms with van der Waals surface area (Å²) < 4.78 is 0. The molecule has 3 aromatic rings. The Labute approximate surface area is 152 Å². The van der Waals surface area contributed by atoms with Crippen molar-refractivity contribution in [3.8, 4) is 0 Å². The number of anilines is 3. The first-order valence-corrected chi connectivity index (χ1v) is 8.62. The molecule has 26 heavy (non-hydrogen) atoms. The number of nitrogens with zero attached hydrogens (tertiary/aromatic N) is 1. The minimum absolute atomic E-state index is 0.241. The molecule has 130 valence electrons. The van der Waals surface area contributed by atoms with E-state index in [4.69, 9.17) is 0 Å². The van der Waals surface area contributed by atoms with E-state index >= 15 is 0 Å². The van der Waals surface area contributed by atoms with Gasteiger partial charge < -0.3 is 10.2 Å². The molecule has 0 aromatic heterocycles. The van der Waals surface area contributed by atoms with Gasteiger partial charge in [0.05, 0.1) is 5.56 Å². The van der Waals surface area contributed by atoms with Crippen molar-refractivity contribution in [2.45, 2.75) is 19.3 Å². The molecule has 0 amide bonds. The first-order valence-electron chi connectivity index (χ1n) is 8.62. The second kappa shape index (κ2) is 5.70. The van der Waals surface area contributed by atoms with E-state index in [1.165, 1.54) is 5.56 Å². The van der Waals surface area contributed by atoms with Crippen LogP contribution in [0.2, 0.25) is 0 Å². The molecule has 1 heterocycles. The van der Waals surface area contributed by atoms with Crippen molar-refractivity contribution in [1.82, 2.24) is 0 Å². The maximum absolute atomic E-state index is 12.2. The number of likely N-dealkylation sites (N-methyl/N-ethyl adjacent to an activating group) is 1. The van der Waals surface area contributed by atoms with Gasteiger partial charge in [-0.3, -0.25) is 9.59 Å². The normalized spacial score (nSPS) is 16.9. The van der Waals surface area contributed by atoms with Crippen LogP contribution in [0, 0.1) is 0 Å². The zero-order valence-corrected chi connectivity index (χ0v) is 15.0. The van der Waals surface area contributed by atoms with E-state index in [0.29, 0.717) is 11.3 Å². The molecule has 4 heteroatoms. The van der Waals surface area contributed by atoms with Crippen LogP contribution in [0.4, 0.5) is 17.1 Å². The van der Waals surface area contributed by atoms with Gasteiger partial charge in [0.25, 0.3) is 0 Å². The highest BCUT2D eigenvalue weighted by atomic mass is 16.2. The fraction of sp³-hybridized carbons (Fsp3) is 0.182. The Balaban J connectivity index is 1.78. The molecule has 0 aliphatic carbocycles. The maximum Gasteiger partial charge on any atom is 0.250 e. The smallest absolute Gasteiger partial charge is 0.250 e. The topological polar surface area (TPSA) is 49.4 Å². The van der Waals surface area contributed by atoms with Crippen molar-refractivity contribution in [3.05, 3.63) is 91.9 Å². The Morgan fingerprint density at radius 3 is 2.27 bits per heavy atom. The Kier molecular flexibility index (Phi) is 3.58. The van der Waals surface area contributed by atoms with Gasteiger partial charge >= 0.3 is 0 Å². The van der Waals surface area contributed by atoms with Crippen LogP contribution < -0.4 is 21.1 Å². The summed E-state index contributed by atoms with van der Waals surface area (Å²) in [5.41, 5.74) is 3.81. The van der Waals surface area contributed by atoms with Crippen molar-refractivity contribution in [2.75, 3.05) is 17.3 Å². The van der Waals surface area contributed by atoms with E-state index in [2.05, 4.69) is 36.2 Å². The average molecular weight is 344 g/mol. The number of allylic oxidation sites excluding steroid dienone is 1. The molecular weight excluding hydrogens is 324 g/mol. The van der Waals surface area contributed by atoms with Crippen LogP contribution >= 0.6 is 0 Å². The summed E-state index contributed by atoms with van der Waals surface area (Å²) in [7, 11) is 2.00. The molecule has 0 radical (unpaired) electrons. The Morgan fingerprint density at radius 1 is 0.923 bits per heavy atom. The largest absolute Gasteiger partial charge is 0.352 e. The summed E-state index contributed by atoms with van der Waals surface area (Å²) in [4.78, 5) is 26.4. The van der Waals surface area contributed by atoms with E-state index in [-0.39, 0.29) is 5.41 Å². The summed E-state index contributed by atoms with van der Waals surface area (Å²) in [6, 6.07) is 17.6. The quantitative estimate of drug-likeness (QED) is 0.735. The standard InChI is InChI=1S/C22H20N2O2/c1-22(2)16-11-7-8-12-17(16)24(3)18(22)13-15-19(21(26)20(15)25)23-14-9-5-4-6-10-14/h4-13,23H,1-3H3/b18-13+. The molecule has 0 unspecified atom stereocenters. The first-order chi connectivity index (χ1) is 12.4. The van der Waals surface area contributed by atoms with Crippen LogP contribution in [-0.4, -0.2) is 7.05 Å².